The van der Waals surface area contributed by atoms with Gasteiger partial charge in [-0.1, -0.05) is 54.6 Å². The Bertz CT molecular complexity index is 2160. The molecule has 4 heterocycles. The first-order valence-corrected chi connectivity index (χ1v) is 12.3. The minimum Gasteiger partial charge on any atom is -0.456 e. The van der Waals surface area contributed by atoms with Gasteiger partial charge in [0.2, 0.25) is 0 Å². The van der Waals surface area contributed by atoms with E-state index in [1.807, 2.05) is 42.7 Å². The highest BCUT2D eigenvalue weighted by molar-refractivity contribution is 6.13. The van der Waals surface area contributed by atoms with E-state index in [0.717, 1.165) is 77.0 Å². The first-order valence-electron chi connectivity index (χ1n) is 12.3. The number of fused-ring (bicyclic) bond motifs is 7. The van der Waals surface area contributed by atoms with Crippen LogP contribution in [-0.4, -0.2) is 15.0 Å². The van der Waals surface area contributed by atoms with E-state index in [9.17, 15) is 0 Å². The predicted molar refractivity (Wildman–Crippen MR) is 150 cm³/mol. The molecule has 0 N–H and O–H groups in total. The SMILES string of the molecule is c1cnc2cc(-c3cccc4oc5ccc(-c6ccc7ccc8cccnc8c7n6)cc5c34)ccc2c1. The van der Waals surface area contributed by atoms with E-state index < -0.39 is 0 Å². The van der Waals surface area contributed by atoms with Crippen LogP contribution in [0.5, 0.6) is 0 Å². The van der Waals surface area contributed by atoms with Gasteiger partial charge in [0.25, 0.3) is 0 Å². The summed E-state index contributed by atoms with van der Waals surface area (Å²) < 4.78 is 6.27. The summed E-state index contributed by atoms with van der Waals surface area (Å²) in [4.78, 5) is 14.2. The predicted octanol–water partition coefficient (Wildman–Crippen LogP) is 8.56. The third kappa shape index (κ3) is 3.13. The van der Waals surface area contributed by atoms with E-state index in [-0.39, 0.29) is 0 Å². The standard InChI is InChI=1S/C33H19N3O/c1-6-25(23-11-8-20-4-2-16-34-28(20)19-23)31-26-18-24(13-15-29(26)37-30(31)7-1)27-14-12-22-10-9-21-5-3-17-35-32(21)33(22)36-27/h1-19H. The maximum absolute atomic E-state index is 6.27. The van der Waals surface area contributed by atoms with E-state index in [1.165, 1.54) is 0 Å². The normalized spacial score (nSPS) is 11.8. The summed E-state index contributed by atoms with van der Waals surface area (Å²) >= 11 is 0. The Morgan fingerprint density at radius 3 is 2.27 bits per heavy atom. The number of pyridine rings is 3. The van der Waals surface area contributed by atoms with Crippen molar-refractivity contribution in [3.05, 3.63) is 116 Å². The molecule has 172 valence electrons. The van der Waals surface area contributed by atoms with Crippen LogP contribution in [0, 0.1) is 0 Å². The van der Waals surface area contributed by atoms with E-state index in [0.29, 0.717) is 0 Å². The van der Waals surface area contributed by atoms with Crippen molar-refractivity contribution in [1.29, 1.82) is 0 Å². The van der Waals surface area contributed by atoms with E-state index in [4.69, 9.17) is 9.40 Å². The lowest BCUT2D eigenvalue weighted by atomic mass is 9.97. The number of nitrogens with zero attached hydrogens (tertiary/aromatic N) is 3. The second-order valence-corrected chi connectivity index (χ2v) is 9.31. The molecule has 37 heavy (non-hydrogen) atoms. The lowest BCUT2D eigenvalue weighted by molar-refractivity contribution is 0.669. The van der Waals surface area contributed by atoms with Gasteiger partial charge in [-0.05, 0) is 59.7 Å². The van der Waals surface area contributed by atoms with Gasteiger partial charge in [0, 0.05) is 44.9 Å². The molecule has 0 radical (unpaired) electrons. The van der Waals surface area contributed by atoms with Crippen molar-refractivity contribution in [2.75, 3.05) is 0 Å². The Morgan fingerprint density at radius 2 is 1.32 bits per heavy atom. The zero-order valence-corrected chi connectivity index (χ0v) is 19.7. The first kappa shape index (κ1) is 20.1. The number of hydrogen-bond acceptors (Lipinski definition) is 4. The number of aromatic nitrogens is 3. The quantitative estimate of drug-likeness (QED) is 0.236. The van der Waals surface area contributed by atoms with Crippen molar-refractivity contribution in [1.82, 2.24) is 15.0 Å². The van der Waals surface area contributed by atoms with Gasteiger partial charge >= 0.3 is 0 Å². The minimum atomic E-state index is 0.859. The second-order valence-electron chi connectivity index (χ2n) is 9.31. The summed E-state index contributed by atoms with van der Waals surface area (Å²) in [7, 11) is 0. The van der Waals surface area contributed by atoms with Crippen molar-refractivity contribution in [3.63, 3.8) is 0 Å². The fourth-order valence-corrected chi connectivity index (χ4v) is 5.35. The van der Waals surface area contributed by atoms with Crippen LogP contribution in [0.3, 0.4) is 0 Å². The Kier molecular flexibility index (Phi) is 4.19. The zero-order chi connectivity index (χ0) is 24.3. The van der Waals surface area contributed by atoms with Gasteiger partial charge in [-0.15, -0.1) is 0 Å². The van der Waals surface area contributed by atoms with Crippen LogP contribution in [0.4, 0.5) is 0 Å². The second kappa shape index (κ2) is 7.70. The topological polar surface area (TPSA) is 51.8 Å². The zero-order valence-electron chi connectivity index (χ0n) is 19.7. The molecule has 0 fully saturated rings. The lowest BCUT2D eigenvalue weighted by Crippen LogP contribution is -1.88. The molecule has 0 bridgehead atoms. The van der Waals surface area contributed by atoms with E-state index >= 15 is 0 Å². The van der Waals surface area contributed by atoms with E-state index in [1.54, 1.807) is 0 Å². The monoisotopic (exact) mass is 473 g/mol. The average molecular weight is 474 g/mol. The fraction of sp³-hybridized carbons (Fsp3) is 0. The third-order valence-corrected chi connectivity index (χ3v) is 7.14. The maximum Gasteiger partial charge on any atom is 0.136 e. The first-order chi connectivity index (χ1) is 18.3. The maximum atomic E-state index is 6.27. The van der Waals surface area contributed by atoms with Crippen molar-refractivity contribution in [2.45, 2.75) is 0 Å². The Balaban J connectivity index is 1.35. The number of furan rings is 1. The van der Waals surface area contributed by atoms with Crippen molar-refractivity contribution < 1.29 is 4.42 Å². The average Bonchev–Trinajstić information content (AvgIpc) is 3.35. The van der Waals surface area contributed by atoms with Gasteiger partial charge in [0.05, 0.1) is 22.2 Å². The van der Waals surface area contributed by atoms with Crippen LogP contribution in [0.25, 0.3) is 77.0 Å². The van der Waals surface area contributed by atoms with Crippen LogP contribution < -0.4 is 0 Å². The van der Waals surface area contributed by atoms with Crippen LogP contribution >= 0.6 is 0 Å². The molecule has 8 aromatic rings. The van der Waals surface area contributed by atoms with Crippen LogP contribution in [0.15, 0.2) is 120 Å². The number of benzene rings is 4. The summed E-state index contributed by atoms with van der Waals surface area (Å²) in [5.74, 6) is 0. The van der Waals surface area contributed by atoms with Gasteiger partial charge in [0.1, 0.15) is 11.2 Å². The molecule has 0 atom stereocenters. The molecule has 0 amide bonds. The molecule has 0 saturated heterocycles. The van der Waals surface area contributed by atoms with E-state index in [2.05, 4.69) is 82.8 Å². The molecule has 0 unspecified atom stereocenters. The molecule has 4 heteroatoms. The van der Waals surface area contributed by atoms with Gasteiger partial charge in [-0.25, -0.2) is 4.98 Å². The van der Waals surface area contributed by atoms with Crippen LogP contribution in [0.2, 0.25) is 0 Å². The molecule has 0 saturated carbocycles. The molecule has 4 nitrogen and oxygen atoms in total. The smallest absolute Gasteiger partial charge is 0.136 e. The molecule has 0 aliphatic heterocycles. The number of hydrogen-bond donors (Lipinski definition) is 0. The molecule has 0 spiro atoms. The largest absolute Gasteiger partial charge is 0.456 e. The van der Waals surface area contributed by atoms with Crippen molar-refractivity contribution in [3.8, 4) is 22.4 Å². The molecule has 4 aromatic heterocycles. The molecule has 0 aliphatic rings. The fourth-order valence-electron chi connectivity index (χ4n) is 5.35. The molecule has 8 rings (SSSR count). The van der Waals surface area contributed by atoms with Crippen molar-refractivity contribution in [2.24, 2.45) is 0 Å². The van der Waals surface area contributed by atoms with Crippen LogP contribution in [0.1, 0.15) is 0 Å². The third-order valence-electron chi connectivity index (χ3n) is 7.14. The summed E-state index contributed by atoms with van der Waals surface area (Å²) in [5, 5.41) is 5.47. The van der Waals surface area contributed by atoms with Gasteiger partial charge in [0.15, 0.2) is 0 Å². The molecular formula is C33H19N3O. The molecule has 4 aromatic carbocycles. The molecule has 0 aliphatic carbocycles. The summed E-state index contributed by atoms with van der Waals surface area (Å²) in [6.07, 6.45) is 3.66. The highest BCUT2D eigenvalue weighted by Gasteiger charge is 2.15. The Hall–Kier alpha value is -5.09. The van der Waals surface area contributed by atoms with Crippen molar-refractivity contribution >= 4 is 54.6 Å². The minimum absolute atomic E-state index is 0.859. The lowest BCUT2D eigenvalue weighted by Gasteiger charge is -2.07. The Labute approximate surface area is 211 Å². The number of rotatable bonds is 2. The Morgan fingerprint density at radius 1 is 0.541 bits per heavy atom. The highest BCUT2D eigenvalue weighted by Crippen LogP contribution is 2.39. The summed E-state index contributed by atoms with van der Waals surface area (Å²) in [6, 6.07) is 35.5. The van der Waals surface area contributed by atoms with Gasteiger partial charge in [-0.2, -0.15) is 0 Å². The van der Waals surface area contributed by atoms with Gasteiger partial charge in [-0.3, -0.25) is 9.97 Å². The summed E-state index contributed by atoms with van der Waals surface area (Å²) in [5.41, 5.74) is 8.74. The van der Waals surface area contributed by atoms with Gasteiger partial charge < -0.3 is 4.42 Å². The summed E-state index contributed by atoms with van der Waals surface area (Å²) in [6.45, 7) is 0. The molecular weight excluding hydrogens is 454 g/mol. The highest BCUT2D eigenvalue weighted by atomic mass is 16.3. The van der Waals surface area contributed by atoms with Crippen LogP contribution in [-0.2, 0) is 0 Å².